The van der Waals surface area contributed by atoms with Gasteiger partial charge in [0.15, 0.2) is 0 Å². The molecule has 0 aliphatic carbocycles. The zero-order valence-electron chi connectivity index (χ0n) is 22.2. The minimum Gasteiger partial charge on any atom is -0.744 e. The molecule has 0 spiro atoms. The average molecular weight is 606 g/mol. The van der Waals surface area contributed by atoms with Gasteiger partial charge in [0.2, 0.25) is 0 Å². The summed E-state index contributed by atoms with van der Waals surface area (Å²) >= 11 is 0. The third kappa shape index (κ3) is 7.52. The Kier molecular flexibility index (Phi) is 9.47. The van der Waals surface area contributed by atoms with Crippen LogP contribution in [-0.4, -0.2) is 25.9 Å². The van der Waals surface area contributed by atoms with E-state index in [0.717, 1.165) is 11.1 Å². The maximum atomic E-state index is 11.3. The van der Waals surface area contributed by atoms with E-state index in [1.54, 1.807) is 24.3 Å². The minimum atomic E-state index is -4.46. The van der Waals surface area contributed by atoms with Crippen LogP contribution in [-0.2, 0) is 26.0 Å². The predicted molar refractivity (Wildman–Crippen MR) is 161 cm³/mol. The van der Waals surface area contributed by atoms with E-state index in [1.807, 2.05) is 25.1 Å². The van der Waals surface area contributed by atoms with Crippen LogP contribution in [0.15, 0.2) is 164 Å². The first-order chi connectivity index (χ1) is 19.5. The maximum absolute atomic E-state index is 11.3. The zero-order chi connectivity index (χ0) is 29.5. The Bertz CT molecular complexity index is 1680. The van der Waals surface area contributed by atoms with E-state index in [-0.39, 0.29) is 9.79 Å². The molecule has 0 saturated carbocycles. The fourth-order valence-electron chi connectivity index (χ4n) is 4.33. The minimum absolute atomic E-state index is 0.0666. The average Bonchev–Trinajstić information content (AvgIpc) is 2.97. The first-order valence-corrected chi connectivity index (χ1v) is 17.2. The Morgan fingerprint density at radius 2 is 0.878 bits per heavy atom. The fourth-order valence-corrected chi connectivity index (χ4v) is 9.15. The van der Waals surface area contributed by atoms with Gasteiger partial charge in [-0.15, -0.1) is 0 Å². The molecule has 0 bridgehead atoms. The molecular weight excluding hydrogens is 577 g/mol. The molecule has 0 aliphatic heterocycles. The summed E-state index contributed by atoms with van der Waals surface area (Å²) in [4.78, 5) is 3.41. The van der Waals surface area contributed by atoms with Gasteiger partial charge in [0.1, 0.15) is 10.1 Å². The topological polar surface area (TPSA) is 112 Å². The number of rotatable bonds is 7. The lowest BCUT2D eigenvalue weighted by Crippen LogP contribution is -2.07. The predicted octanol–water partition coefficient (Wildman–Crippen LogP) is 7.31. The van der Waals surface area contributed by atoms with Crippen LogP contribution in [0.1, 0.15) is 11.1 Å². The van der Waals surface area contributed by atoms with Crippen molar-refractivity contribution in [1.29, 1.82) is 0 Å². The van der Waals surface area contributed by atoms with Crippen LogP contribution in [0.3, 0.4) is 0 Å². The summed E-state index contributed by atoms with van der Waals surface area (Å²) < 4.78 is 63.6. The van der Waals surface area contributed by atoms with E-state index in [2.05, 4.69) is 72.8 Å². The molecule has 0 unspecified atom stereocenters. The van der Waals surface area contributed by atoms with Crippen molar-refractivity contribution in [2.75, 3.05) is 0 Å². The molecule has 0 aromatic heterocycles. The SMILES string of the molecule is Cc1ccc(S(=O)(=O)O)cc1.O=S(=O)([O-])c1ccc(CS(c2ccccc2)(c2ccccc2)c2ccccc2)cc1. The van der Waals surface area contributed by atoms with Crippen molar-refractivity contribution < 1.29 is 25.9 Å². The first kappa shape index (κ1) is 30.2. The lowest BCUT2D eigenvalue weighted by molar-refractivity contribution is 0.463. The molecule has 6 nitrogen and oxygen atoms in total. The fraction of sp³-hybridized carbons (Fsp3) is 0.0625. The number of hydrogen-bond acceptors (Lipinski definition) is 5. The van der Waals surface area contributed by atoms with E-state index >= 15 is 0 Å². The van der Waals surface area contributed by atoms with Crippen molar-refractivity contribution >= 4 is 30.3 Å². The molecule has 41 heavy (non-hydrogen) atoms. The summed E-state index contributed by atoms with van der Waals surface area (Å²) in [6.07, 6.45) is 0. The van der Waals surface area contributed by atoms with Crippen LogP contribution >= 0.6 is 10.0 Å². The van der Waals surface area contributed by atoms with Gasteiger partial charge in [-0.3, -0.25) is 4.55 Å². The molecule has 212 valence electrons. The highest BCUT2D eigenvalue weighted by molar-refractivity contribution is 8.33. The largest absolute Gasteiger partial charge is 0.744 e. The Labute approximate surface area is 243 Å². The van der Waals surface area contributed by atoms with Gasteiger partial charge in [-0.05, 0) is 87.8 Å². The van der Waals surface area contributed by atoms with Gasteiger partial charge in [0.25, 0.3) is 10.1 Å². The van der Waals surface area contributed by atoms with Crippen molar-refractivity contribution in [1.82, 2.24) is 0 Å². The van der Waals surface area contributed by atoms with Crippen molar-refractivity contribution in [2.24, 2.45) is 0 Å². The van der Waals surface area contributed by atoms with E-state index in [4.69, 9.17) is 4.55 Å². The lowest BCUT2D eigenvalue weighted by Gasteiger charge is -2.42. The molecule has 0 heterocycles. The van der Waals surface area contributed by atoms with E-state index in [0.29, 0.717) is 5.75 Å². The van der Waals surface area contributed by atoms with Gasteiger partial charge in [-0.25, -0.2) is 8.42 Å². The second-order valence-corrected chi connectivity index (χ2v) is 15.2. The highest BCUT2D eigenvalue weighted by Gasteiger charge is 2.31. The molecule has 0 radical (unpaired) electrons. The monoisotopic (exact) mass is 605 g/mol. The van der Waals surface area contributed by atoms with Crippen LogP contribution in [0.5, 0.6) is 0 Å². The second-order valence-electron chi connectivity index (χ2n) is 9.21. The standard InChI is InChI=1S/C25H22O3S2.C7H8O3S/c26-30(27,28)25-18-16-21(17-19-25)20-29(22-10-4-1-5-11-22,23-12-6-2-7-13-23)24-14-8-3-9-15-24;1-6-2-4-7(5-3-6)11(8,9)10/h1-19H,20H2,(H,26,27,28);2-5H,1H3,(H,8,9,10)/p-1. The maximum Gasteiger partial charge on any atom is 0.294 e. The van der Waals surface area contributed by atoms with Gasteiger partial charge in [-0.1, -0.05) is 84.4 Å². The molecule has 5 aromatic rings. The molecule has 0 saturated heterocycles. The van der Waals surface area contributed by atoms with Gasteiger partial charge < -0.3 is 4.55 Å². The summed E-state index contributed by atoms with van der Waals surface area (Å²) in [6.45, 7) is 1.84. The van der Waals surface area contributed by atoms with E-state index in [9.17, 15) is 21.4 Å². The zero-order valence-corrected chi connectivity index (χ0v) is 24.6. The van der Waals surface area contributed by atoms with E-state index < -0.39 is 30.3 Å². The molecule has 5 rings (SSSR count). The summed E-state index contributed by atoms with van der Waals surface area (Å²) in [7, 11) is -10.1. The van der Waals surface area contributed by atoms with E-state index in [1.165, 1.54) is 39.0 Å². The Hall–Kier alpha value is -3.73. The van der Waals surface area contributed by atoms with Gasteiger partial charge in [0.05, 0.1) is 9.79 Å². The highest BCUT2D eigenvalue weighted by atomic mass is 32.3. The molecular formula is C32H29O6S3-. The lowest BCUT2D eigenvalue weighted by atomic mass is 10.2. The molecule has 1 N–H and O–H groups in total. The van der Waals surface area contributed by atoms with Gasteiger partial charge in [-0.2, -0.15) is 18.4 Å². The van der Waals surface area contributed by atoms with Crippen LogP contribution < -0.4 is 0 Å². The summed E-state index contributed by atoms with van der Waals surface area (Å²) in [5.74, 6) is 0.699. The molecule has 0 atom stereocenters. The first-order valence-electron chi connectivity index (χ1n) is 12.6. The second kappa shape index (κ2) is 12.8. The highest BCUT2D eigenvalue weighted by Crippen LogP contribution is 2.70. The Morgan fingerprint density at radius 1 is 0.512 bits per heavy atom. The third-order valence-electron chi connectivity index (χ3n) is 6.35. The molecule has 0 fully saturated rings. The van der Waals surface area contributed by atoms with Gasteiger partial charge >= 0.3 is 0 Å². The third-order valence-corrected chi connectivity index (χ3v) is 12.1. The summed E-state index contributed by atoms with van der Waals surface area (Å²) in [6, 6.07) is 43.6. The van der Waals surface area contributed by atoms with Crippen molar-refractivity contribution in [3.05, 3.63) is 151 Å². The van der Waals surface area contributed by atoms with Crippen LogP contribution in [0.4, 0.5) is 0 Å². The van der Waals surface area contributed by atoms with Crippen molar-refractivity contribution in [3.63, 3.8) is 0 Å². The molecule has 0 aliphatic rings. The Morgan fingerprint density at radius 3 is 1.22 bits per heavy atom. The smallest absolute Gasteiger partial charge is 0.294 e. The van der Waals surface area contributed by atoms with Crippen molar-refractivity contribution in [2.45, 2.75) is 37.2 Å². The number of hydrogen-bond donors (Lipinski definition) is 1. The number of benzene rings is 5. The quantitative estimate of drug-likeness (QED) is 0.195. The van der Waals surface area contributed by atoms with Crippen LogP contribution in [0.2, 0.25) is 0 Å². The molecule has 9 heteroatoms. The summed E-state index contributed by atoms with van der Waals surface area (Å²) in [5.41, 5.74) is 1.94. The molecule has 5 aromatic carbocycles. The van der Waals surface area contributed by atoms with Crippen molar-refractivity contribution in [3.8, 4) is 0 Å². The normalized spacial score (nSPS) is 12.2. The summed E-state index contributed by atoms with van der Waals surface area (Å²) in [5, 5.41) is 0. The number of aryl methyl sites for hydroxylation is 1. The van der Waals surface area contributed by atoms with Crippen LogP contribution in [0.25, 0.3) is 0 Å². The van der Waals surface area contributed by atoms with Crippen LogP contribution in [0, 0.1) is 6.92 Å². The Balaban J connectivity index is 0.000000296. The molecule has 0 amide bonds. The van der Waals surface area contributed by atoms with Gasteiger partial charge in [0, 0.05) is 5.75 Å².